The first-order chi connectivity index (χ1) is 18.0. The van der Waals surface area contributed by atoms with Crippen molar-refractivity contribution in [2.45, 2.75) is 64.1 Å². The van der Waals surface area contributed by atoms with E-state index in [1.807, 2.05) is 51.1 Å². The summed E-state index contributed by atoms with van der Waals surface area (Å²) in [5.74, 6) is -0.382. The Balaban J connectivity index is 1.66. The number of hydrogen-bond donors (Lipinski definition) is 4. The molecule has 2 fully saturated rings. The fourth-order valence-electron chi connectivity index (χ4n) is 4.97. The molecule has 0 saturated carbocycles. The zero-order valence-electron chi connectivity index (χ0n) is 22.7. The van der Waals surface area contributed by atoms with Gasteiger partial charge in [-0.1, -0.05) is 36.9 Å². The monoisotopic (exact) mass is 530 g/mol. The van der Waals surface area contributed by atoms with E-state index in [4.69, 9.17) is 10.6 Å². The second-order valence-electron chi connectivity index (χ2n) is 11.0. The van der Waals surface area contributed by atoms with Crippen LogP contribution in [0.15, 0.2) is 42.7 Å². The van der Waals surface area contributed by atoms with Crippen LogP contribution in [-0.4, -0.2) is 88.3 Å². The Labute approximate surface area is 224 Å². The molecule has 3 unspecified atom stereocenters. The number of rotatable bonds is 10. The fourth-order valence-corrected chi connectivity index (χ4v) is 4.97. The van der Waals surface area contributed by atoms with Crippen molar-refractivity contribution < 1.29 is 24.5 Å². The molecule has 2 aliphatic heterocycles. The number of piperazine rings is 1. The van der Waals surface area contributed by atoms with Crippen molar-refractivity contribution in [3.05, 3.63) is 48.3 Å². The van der Waals surface area contributed by atoms with Crippen LogP contribution in [0.5, 0.6) is 0 Å². The average molecular weight is 531 g/mol. The van der Waals surface area contributed by atoms with E-state index in [1.165, 1.54) is 4.90 Å². The highest BCUT2D eigenvalue weighted by Gasteiger charge is 2.55. The normalized spacial score (nSPS) is 20.5. The molecule has 3 rings (SSSR count). The Morgan fingerprint density at radius 1 is 1.16 bits per heavy atom. The van der Waals surface area contributed by atoms with Crippen molar-refractivity contribution in [1.29, 1.82) is 0 Å². The van der Waals surface area contributed by atoms with Crippen LogP contribution >= 0.6 is 0 Å². The third-order valence-electron chi connectivity index (χ3n) is 6.91. The fraction of sp³-hybridized carbons (Fsp3) is 0.593. The summed E-state index contributed by atoms with van der Waals surface area (Å²) in [4.78, 5) is 48.6. The van der Waals surface area contributed by atoms with Gasteiger partial charge < -0.3 is 26.2 Å². The van der Waals surface area contributed by atoms with Crippen molar-refractivity contribution in [2.75, 3.05) is 32.7 Å². The molecular formula is C27H42N6O5. The van der Waals surface area contributed by atoms with Gasteiger partial charge in [-0.2, -0.15) is 0 Å². The van der Waals surface area contributed by atoms with E-state index < -0.39 is 24.1 Å². The topological polar surface area (TPSA) is 140 Å². The lowest BCUT2D eigenvalue weighted by Crippen LogP contribution is -2.70. The first-order valence-corrected chi connectivity index (χ1v) is 13.2. The van der Waals surface area contributed by atoms with Crippen LogP contribution in [0.3, 0.4) is 0 Å². The van der Waals surface area contributed by atoms with Gasteiger partial charge in [0, 0.05) is 38.3 Å². The number of hydrogen-bond acceptors (Lipinski definition) is 7. The van der Waals surface area contributed by atoms with E-state index in [0.717, 1.165) is 5.56 Å². The number of amides is 5. The second-order valence-corrected chi connectivity index (χ2v) is 11.0. The number of benzene rings is 1. The molecule has 38 heavy (non-hydrogen) atoms. The number of nitrogens with zero attached hydrogens (tertiary/aromatic N) is 3. The molecule has 1 aromatic rings. The third-order valence-corrected chi connectivity index (χ3v) is 6.91. The summed E-state index contributed by atoms with van der Waals surface area (Å²) in [5, 5.41) is 15.7. The van der Waals surface area contributed by atoms with Crippen molar-refractivity contribution in [2.24, 2.45) is 11.7 Å². The van der Waals surface area contributed by atoms with Gasteiger partial charge in [0.1, 0.15) is 6.10 Å². The lowest BCUT2D eigenvalue weighted by Gasteiger charge is -2.50. The highest BCUT2D eigenvalue weighted by atomic mass is 17.1. The van der Waals surface area contributed by atoms with Crippen molar-refractivity contribution in [3.63, 3.8) is 0 Å². The lowest BCUT2D eigenvalue weighted by molar-refractivity contribution is -0.298. The summed E-state index contributed by atoms with van der Waals surface area (Å²) in [6.07, 6.45) is 1.50. The summed E-state index contributed by atoms with van der Waals surface area (Å²) in [7, 11) is 0. The number of urea groups is 2. The molecule has 0 radical (unpaired) electrons. The van der Waals surface area contributed by atoms with Crippen LogP contribution in [0.2, 0.25) is 0 Å². The molecule has 3 atom stereocenters. The van der Waals surface area contributed by atoms with E-state index in [0.29, 0.717) is 64.2 Å². The Morgan fingerprint density at radius 3 is 2.37 bits per heavy atom. The number of likely N-dealkylation sites (tertiary alicyclic amines) is 1. The van der Waals surface area contributed by atoms with Gasteiger partial charge >= 0.3 is 12.1 Å². The highest BCUT2D eigenvalue weighted by Crippen LogP contribution is 2.36. The van der Waals surface area contributed by atoms with Gasteiger partial charge in [0.15, 0.2) is 0 Å². The third kappa shape index (κ3) is 7.61. The molecule has 5 N–H and O–H groups in total. The SMILES string of the molecule is C=C(N)NCCCC1C(=O)N(C(=O)N2CCN(C(=O)NC(C)(C)C)CC2)C1C(CCc1ccccc1)OO. The molecule has 1 aromatic carbocycles. The maximum atomic E-state index is 13.5. The molecule has 11 nitrogen and oxygen atoms in total. The quantitative estimate of drug-likeness (QED) is 0.158. The van der Waals surface area contributed by atoms with Crippen LogP contribution in [0.4, 0.5) is 9.59 Å². The number of β-lactam (4-membered cyclic amide) rings is 1. The van der Waals surface area contributed by atoms with Gasteiger partial charge in [0.2, 0.25) is 5.91 Å². The van der Waals surface area contributed by atoms with E-state index in [1.54, 1.807) is 9.80 Å². The molecule has 5 amide bonds. The number of nitrogens with one attached hydrogen (secondary N) is 2. The zero-order valence-corrected chi connectivity index (χ0v) is 22.7. The van der Waals surface area contributed by atoms with Crippen LogP contribution in [0, 0.1) is 5.92 Å². The first-order valence-electron chi connectivity index (χ1n) is 13.2. The van der Waals surface area contributed by atoms with Crippen molar-refractivity contribution >= 4 is 18.0 Å². The van der Waals surface area contributed by atoms with E-state index in [-0.39, 0.29) is 17.5 Å². The van der Waals surface area contributed by atoms with E-state index in [2.05, 4.69) is 17.2 Å². The van der Waals surface area contributed by atoms with Gasteiger partial charge in [-0.3, -0.25) is 15.0 Å². The Kier molecular flexibility index (Phi) is 9.98. The molecule has 2 saturated heterocycles. The largest absolute Gasteiger partial charge is 0.386 e. The molecule has 11 heteroatoms. The predicted molar refractivity (Wildman–Crippen MR) is 144 cm³/mol. The molecular weight excluding hydrogens is 488 g/mol. The second kappa shape index (κ2) is 13.0. The van der Waals surface area contributed by atoms with Gasteiger partial charge in [0.05, 0.1) is 17.8 Å². The van der Waals surface area contributed by atoms with E-state index in [9.17, 15) is 19.6 Å². The standard InChI is InChI=1S/C27H42N6O5/c1-19(28)29-14-8-11-21-23(22(38-37)13-12-20-9-6-5-7-10-20)33(24(21)34)26(36)32-17-15-31(16-18-32)25(35)30-27(2,3)4/h5-7,9-10,21-23,29,37H,1,8,11-18,28H2,2-4H3,(H,30,35). The number of nitrogens with two attached hydrogens (primary N) is 1. The molecule has 0 aliphatic carbocycles. The van der Waals surface area contributed by atoms with Gasteiger partial charge in [0.25, 0.3) is 0 Å². The summed E-state index contributed by atoms with van der Waals surface area (Å²) in [6.45, 7) is 11.3. The van der Waals surface area contributed by atoms with Gasteiger partial charge in [-0.15, -0.1) is 0 Å². The highest BCUT2D eigenvalue weighted by molar-refractivity contribution is 6.01. The number of carbonyl (C=O) groups excluding carboxylic acids is 3. The van der Waals surface area contributed by atoms with Crippen LogP contribution in [0.25, 0.3) is 0 Å². The van der Waals surface area contributed by atoms with Crippen molar-refractivity contribution in [3.8, 4) is 0 Å². The molecule has 0 bridgehead atoms. The Hall–Kier alpha value is -3.31. The molecule has 210 valence electrons. The molecule has 2 aliphatic rings. The van der Waals surface area contributed by atoms with E-state index >= 15 is 0 Å². The summed E-state index contributed by atoms with van der Waals surface area (Å²) >= 11 is 0. The molecule has 0 spiro atoms. The Morgan fingerprint density at radius 2 is 1.79 bits per heavy atom. The first kappa shape index (κ1) is 29.2. The summed E-state index contributed by atoms with van der Waals surface area (Å²) in [5.41, 5.74) is 6.28. The minimum atomic E-state index is -0.724. The average Bonchev–Trinajstić information content (AvgIpc) is 2.87. The summed E-state index contributed by atoms with van der Waals surface area (Å²) in [6, 6.07) is 8.61. The maximum Gasteiger partial charge on any atom is 0.327 e. The molecule has 0 aromatic heterocycles. The maximum absolute atomic E-state index is 13.5. The number of imide groups is 1. The minimum Gasteiger partial charge on any atom is -0.386 e. The van der Waals surface area contributed by atoms with Gasteiger partial charge in [-0.25, -0.2) is 14.5 Å². The lowest BCUT2D eigenvalue weighted by atomic mass is 9.79. The number of aryl methyl sites for hydroxylation is 1. The minimum absolute atomic E-state index is 0.175. The van der Waals surface area contributed by atoms with Crippen LogP contribution < -0.4 is 16.4 Å². The molecule has 2 heterocycles. The zero-order chi connectivity index (χ0) is 27.9. The van der Waals surface area contributed by atoms with Gasteiger partial charge in [-0.05, 0) is 52.0 Å². The number of carbonyl (C=O) groups is 3. The van der Waals surface area contributed by atoms with Crippen molar-refractivity contribution in [1.82, 2.24) is 25.3 Å². The summed E-state index contributed by atoms with van der Waals surface area (Å²) < 4.78 is 0. The predicted octanol–water partition coefficient (Wildman–Crippen LogP) is 2.35. The van der Waals surface area contributed by atoms with Crippen LogP contribution in [-0.2, 0) is 16.1 Å². The smallest absolute Gasteiger partial charge is 0.327 e. The van der Waals surface area contributed by atoms with Crippen LogP contribution in [0.1, 0.15) is 45.6 Å². The Bertz CT molecular complexity index is 974.